The number of aryl methyl sites for hydroxylation is 2. The zero-order valence-electron chi connectivity index (χ0n) is 17.9. The second kappa shape index (κ2) is 9.72. The van der Waals surface area contributed by atoms with Gasteiger partial charge in [-0.1, -0.05) is 22.0 Å². The average molecular weight is 511 g/mol. The monoisotopic (exact) mass is 510 g/mol. The summed E-state index contributed by atoms with van der Waals surface area (Å²) in [6, 6.07) is 11.8. The molecule has 0 spiro atoms. The summed E-state index contributed by atoms with van der Waals surface area (Å²) >= 11 is 5.09. The number of carbonyl (C=O) groups is 1. The van der Waals surface area contributed by atoms with Crippen molar-refractivity contribution in [2.45, 2.75) is 39.5 Å². The third-order valence-electron chi connectivity index (χ3n) is 5.50. The lowest BCUT2D eigenvalue weighted by Crippen LogP contribution is -2.24. The fraction of sp³-hybridized carbons (Fsp3) is 0.292. The Morgan fingerprint density at radius 2 is 2.16 bits per heavy atom. The van der Waals surface area contributed by atoms with Crippen LogP contribution in [0.25, 0.3) is 5.00 Å². The summed E-state index contributed by atoms with van der Waals surface area (Å²) in [6.07, 6.45) is 6.00. The number of thiophene rings is 1. The average Bonchev–Trinajstić information content (AvgIpc) is 3.28. The molecule has 1 aromatic carbocycles. The van der Waals surface area contributed by atoms with E-state index in [-0.39, 0.29) is 12.5 Å². The molecule has 32 heavy (non-hydrogen) atoms. The van der Waals surface area contributed by atoms with Gasteiger partial charge in [0.05, 0.1) is 11.8 Å². The number of aromatic nitrogens is 1. The zero-order chi connectivity index (χ0) is 22.7. The molecule has 6 nitrogen and oxygen atoms in total. The number of carbonyl (C=O) groups excluding carboxylic acids is 1. The van der Waals surface area contributed by atoms with Crippen molar-refractivity contribution >= 4 is 39.4 Å². The number of benzene rings is 1. The fourth-order valence-corrected chi connectivity index (χ4v) is 5.80. The van der Waals surface area contributed by atoms with Crippen molar-refractivity contribution in [1.29, 1.82) is 5.26 Å². The fourth-order valence-electron chi connectivity index (χ4n) is 3.97. The summed E-state index contributed by atoms with van der Waals surface area (Å²) in [6.45, 7) is 3.90. The van der Waals surface area contributed by atoms with Crippen molar-refractivity contribution in [3.05, 3.63) is 67.8 Å². The molecule has 0 atom stereocenters. The van der Waals surface area contributed by atoms with E-state index >= 15 is 0 Å². The number of fused-ring (bicyclic) bond motifs is 1. The smallest absolute Gasteiger partial charge is 0.277 e. The van der Waals surface area contributed by atoms with Crippen molar-refractivity contribution in [1.82, 2.24) is 9.99 Å². The number of nitrogens with zero attached hydrogens (tertiary/aromatic N) is 3. The predicted molar refractivity (Wildman–Crippen MR) is 130 cm³/mol. The molecule has 0 bridgehead atoms. The van der Waals surface area contributed by atoms with Gasteiger partial charge in [0.15, 0.2) is 6.61 Å². The van der Waals surface area contributed by atoms with Gasteiger partial charge in [-0.15, -0.1) is 11.3 Å². The maximum absolute atomic E-state index is 12.1. The molecule has 0 fully saturated rings. The molecule has 0 unspecified atom stereocenters. The molecule has 0 saturated heterocycles. The highest BCUT2D eigenvalue weighted by atomic mass is 79.9. The van der Waals surface area contributed by atoms with Crippen LogP contribution in [0.15, 0.2) is 39.9 Å². The van der Waals surface area contributed by atoms with Crippen molar-refractivity contribution in [3.8, 4) is 16.8 Å². The lowest BCUT2D eigenvalue weighted by molar-refractivity contribution is -0.123. The van der Waals surface area contributed by atoms with E-state index in [9.17, 15) is 10.1 Å². The van der Waals surface area contributed by atoms with E-state index in [1.54, 1.807) is 29.7 Å². The highest BCUT2D eigenvalue weighted by Gasteiger charge is 2.23. The van der Waals surface area contributed by atoms with Gasteiger partial charge in [0.25, 0.3) is 5.91 Å². The predicted octanol–water partition coefficient (Wildman–Crippen LogP) is 5.20. The first-order chi connectivity index (χ1) is 15.5. The zero-order valence-corrected chi connectivity index (χ0v) is 20.3. The first kappa shape index (κ1) is 22.3. The molecule has 0 radical (unpaired) electrons. The molecule has 2 aromatic heterocycles. The normalized spacial score (nSPS) is 13.1. The first-order valence-electron chi connectivity index (χ1n) is 10.4. The largest absolute Gasteiger partial charge is 0.484 e. The number of nitriles is 1. The van der Waals surface area contributed by atoms with Crippen LogP contribution in [0, 0.1) is 25.2 Å². The van der Waals surface area contributed by atoms with Crippen LogP contribution >= 0.6 is 27.3 Å². The Kier molecular flexibility index (Phi) is 6.77. The maximum atomic E-state index is 12.1. The number of ether oxygens (including phenoxy) is 1. The van der Waals surface area contributed by atoms with Gasteiger partial charge in [0.1, 0.15) is 16.8 Å². The van der Waals surface area contributed by atoms with Crippen LogP contribution < -0.4 is 10.2 Å². The minimum atomic E-state index is -0.340. The van der Waals surface area contributed by atoms with Gasteiger partial charge in [0.2, 0.25) is 0 Å². The molecule has 0 saturated carbocycles. The lowest BCUT2D eigenvalue weighted by Gasteiger charge is -2.10. The summed E-state index contributed by atoms with van der Waals surface area (Å²) in [7, 11) is 0. The Morgan fingerprint density at radius 1 is 1.34 bits per heavy atom. The van der Waals surface area contributed by atoms with Gasteiger partial charge in [0, 0.05) is 26.3 Å². The van der Waals surface area contributed by atoms with Crippen LogP contribution in [-0.4, -0.2) is 23.3 Å². The van der Waals surface area contributed by atoms with Gasteiger partial charge in [-0.3, -0.25) is 4.79 Å². The van der Waals surface area contributed by atoms with Gasteiger partial charge in [-0.2, -0.15) is 10.4 Å². The van der Waals surface area contributed by atoms with Crippen molar-refractivity contribution in [3.63, 3.8) is 0 Å². The van der Waals surface area contributed by atoms with E-state index in [2.05, 4.69) is 37.1 Å². The van der Waals surface area contributed by atoms with Crippen LogP contribution in [0.1, 0.15) is 45.8 Å². The molecular weight excluding hydrogens is 488 g/mol. The van der Waals surface area contributed by atoms with E-state index in [1.165, 1.54) is 16.9 Å². The molecule has 1 aliphatic rings. The van der Waals surface area contributed by atoms with Gasteiger partial charge in [-0.25, -0.2) is 5.43 Å². The molecule has 4 rings (SSSR count). The number of hydrogen-bond donors (Lipinski definition) is 1. The Morgan fingerprint density at radius 3 is 2.94 bits per heavy atom. The van der Waals surface area contributed by atoms with E-state index in [4.69, 9.17) is 4.74 Å². The Bertz CT molecular complexity index is 1240. The van der Waals surface area contributed by atoms with Gasteiger partial charge < -0.3 is 9.30 Å². The third kappa shape index (κ3) is 4.64. The van der Waals surface area contributed by atoms with Crippen LogP contribution in [0.3, 0.4) is 0 Å². The van der Waals surface area contributed by atoms with E-state index in [1.807, 2.05) is 32.0 Å². The van der Waals surface area contributed by atoms with E-state index < -0.39 is 0 Å². The van der Waals surface area contributed by atoms with Crippen LogP contribution in [-0.2, 0) is 17.6 Å². The van der Waals surface area contributed by atoms with Crippen LogP contribution in [0.2, 0.25) is 0 Å². The third-order valence-corrected chi connectivity index (χ3v) is 7.27. The number of hydrazone groups is 1. The lowest BCUT2D eigenvalue weighted by atomic mass is 9.96. The first-order valence-corrected chi connectivity index (χ1v) is 12.0. The molecule has 8 heteroatoms. The standard InChI is InChI=1S/C24H23BrN4O2S/c1-15-10-17(13-27-28-23(30)14-31-19-7-5-6-18(25)11-19)16(2)29(15)24-21(12-26)20-8-3-4-9-22(20)32-24/h5-7,10-11,13H,3-4,8-9,14H2,1-2H3,(H,28,30)/b27-13-. The number of hydrogen-bond acceptors (Lipinski definition) is 5. The molecule has 3 aromatic rings. The summed E-state index contributed by atoms with van der Waals surface area (Å²) < 4.78 is 8.48. The van der Waals surface area contributed by atoms with E-state index in [0.29, 0.717) is 5.75 Å². The van der Waals surface area contributed by atoms with Gasteiger partial charge in [-0.05, 0) is 69.4 Å². The van der Waals surface area contributed by atoms with Crippen LogP contribution in [0.4, 0.5) is 0 Å². The number of amides is 1. The van der Waals surface area contributed by atoms with Crippen molar-refractivity contribution < 1.29 is 9.53 Å². The number of rotatable bonds is 6. The van der Waals surface area contributed by atoms with Crippen molar-refractivity contribution in [2.75, 3.05) is 6.61 Å². The molecule has 2 heterocycles. The minimum Gasteiger partial charge on any atom is -0.484 e. The maximum Gasteiger partial charge on any atom is 0.277 e. The number of halogens is 1. The topological polar surface area (TPSA) is 79.4 Å². The number of nitrogens with one attached hydrogen (secondary N) is 1. The second-order valence-corrected chi connectivity index (χ2v) is 9.70. The quantitative estimate of drug-likeness (QED) is 0.365. The molecule has 1 aliphatic carbocycles. The minimum absolute atomic E-state index is 0.126. The molecule has 1 N–H and O–H groups in total. The Hall–Kier alpha value is -2.89. The molecule has 1 amide bonds. The molecular formula is C24H23BrN4O2S. The molecule has 164 valence electrons. The highest BCUT2D eigenvalue weighted by molar-refractivity contribution is 9.10. The Balaban J connectivity index is 1.47. The van der Waals surface area contributed by atoms with Crippen molar-refractivity contribution in [2.24, 2.45) is 5.10 Å². The Labute approximate surface area is 199 Å². The summed E-state index contributed by atoms with van der Waals surface area (Å²) in [5, 5.41) is 14.9. The summed E-state index contributed by atoms with van der Waals surface area (Å²) in [5.41, 5.74) is 7.44. The highest BCUT2D eigenvalue weighted by Crippen LogP contribution is 2.38. The van der Waals surface area contributed by atoms with Gasteiger partial charge >= 0.3 is 0 Å². The summed E-state index contributed by atoms with van der Waals surface area (Å²) in [5.74, 6) is 0.265. The second-order valence-electron chi connectivity index (χ2n) is 7.70. The molecule has 0 aliphatic heterocycles. The SMILES string of the molecule is Cc1cc(/C=N\NC(=O)COc2cccc(Br)c2)c(C)n1-c1sc2c(c1C#N)CCCC2. The van der Waals surface area contributed by atoms with E-state index in [0.717, 1.165) is 51.3 Å². The summed E-state index contributed by atoms with van der Waals surface area (Å²) in [4.78, 5) is 13.4. The van der Waals surface area contributed by atoms with Crippen LogP contribution in [0.5, 0.6) is 5.75 Å².